The lowest BCUT2D eigenvalue weighted by Crippen LogP contribution is -2.28. The van der Waals surface area contributed by atoms with Crippen LogP contribution in [-0.2, 0) is 14.3 Å². The summed E-state index contributed by atoms with van der Waals surface area (Å²) in [6.45, 7) is 6.10. The Hall–Kier alpha value is -3.42. The SMILES string of the molecule is CCC(=O)c1ccc(OCC(=O)O[C@@H](C)C(=O)c2[nH]c(C)c(C(=O)OC)c2C)cc1. The van der Waals surface area contributed by atoms with Crippen molar-refractivity contribution in [3.8, 4) is 5.75 Å². The van der Waals surface area contributed by atoms with E-state index in [0.717, 1.165) is 0 Å². The van der Waals surface area contributed by atoms with Gasteiger partial charge in [0.25, 0.3) is 0 Å². The Labute approximate surface area is 174 Å². The highest BCUT2D eigenvalue weighted by Gasteiger charge is 2.27. The number of Topliss-reactive ketones (excluding diaryl/α,β-unsaturated/α-hetero) is 2. The van der Waals surface area contributed by atoms with Crippen molar-refractivity contribution in [3.63, 3.8) is 0 Å². The topological polar surface area (TPSA) is 112 Å². The molecule has 2 rings (SSSR count). The molecule has 8 nitrogen and oxygen atoms in total. The van der Waals surface area contributed by atoms with Crippen LogP contribution in [0, 0.1) is 13.8 Å². The number of aromatic nitrogens is 1. The van der Waals surface area contributed by atoms with E-state index >= 15 is 0 Å². The molecule has 1 aromatic heterocycles. The van der Waals surface area contributed by atoms with Gasteiger partial charge in [-0.3, -0.25) is 9.59 Å². The number of esters is 2. The van der Waals surface area contributed by atoms with E-state index in [4.69, 9.17) is 14.2 Å². The van der Waals surface area contributed by atoms with Crippen LogP contribution in [0.25, 0.3) is 0 Å². The van der Waals surface area contributed by atoms with Gasteiger partial charge in [-0.25, -0.2) is 9.59 Å². The molecule has 2 aromatic rings. The minimum atomic E-state index is -1.08. The molecule has 30 heavy (non-hydrogen) atoms. The van der Waals surface area contributed by atoms with Gasteiger partial charge in [-0.05, 0) is 50.6 Å². The molecule has 0 amide bonds. The monoisotopic (exact) mass is 415 g/mol. The molecule has 0 fully saturated rings. The van der Waals surface area contributed by atoms with Crippen LogP contribution < -0.4 is 4.74 Å². The fourth-order valence-corrected chi connectivity index (χ4v) is 2.98. The Bertz CT molecular complexity index is 957. The van der Waals surface area contributed by atoms with Gasteiger partial charge in [0.2, 0.25) is 5.78 Å². The first-order chi connectivity index (χ1) is 14.2. The third kappa shape index (κ3) is 5.14. The molecule has 0 radical (unpaired) electrons. The Morgan fingerprint density at radius 1 is 1.07 bits per heavy atom. The van der Waals surface area contributed by atoms with Crippen molar-refractivity contribution in [3.05, 3.63) is 52.3 Å². The van der Waals surface area contributed by atoms with Gasteiger partial charge in [0.1, 0.15) is 5.75 Å². The van der Waals surface area contributed by atoms with E-state index in [9.17, 15) is 19.2 Å². The highest BCUT2D eigenvalue weighted by molar-refractivity contribution is 6.04. The van der Waals surface area contributed by atoms with Crippen molar-refractivity contribution in [2.75, 3.05) is 13.7 Å². The summed E-state index contributed by atoms with van der Waals surface area (Å²) >= 11 is 0. The third-order valence-corrected chi connectivity index (χ3v) is 4.60. The minimum Gasteiger partial charge on any atom is -0.482 e. The van der Waals surface area contributed by atoms with E-state index in [-0.39, 0.29) is 17.0 Å². The van der Waals surface area contributed by atoms with Gasteiger partial charge in [-0.15, -0.1) is 0 Å². The van der Waals surface area contributed by atoms with Crippen LogP contribution >= 0.6 is 0 Å². The zero-order valence-electron chi connectivity index (χ0n) is 17.7. The Balaban J connectivity index is 1.96. The predicted molar refractivity (Wildman–Crippen MR) is 108 cm³/mol. The molecule has 0 aliphatic rings. The zero-order valence-corrected chi connectivity index (χ0v) is 17.7. The quantitative estimate of drug-likeness (QED) is 0.494. The summed E-state index contributed by atoms with van der Waals surface area (Å²) in [5.74, 6) is -1.33. The van der Waals surface area contributed by atoms with Crippen molar-refractivity contribution in [2.45, 2.75) is 40.2 Å². The molecule has 0 aliphatic carbocycles. The molecule has 0 saturated carbocycles. The lowest BCUT2D eigenvalue weighted by Gasteiger charge is -2.13. The molecular formula is C22H25NO7. The summed E-state index contributed by atoms with van der Waals surface area (Å²) < 4.78 is 15.2. The van der Waals surface area contributed by atoms with Gasteiger partial charge in [-0.2, -0.15) is 0 Å². The van der Waals surface area contributed by atoms with Crippen molar-refractivity contribution in [2.24, 2.45) is 0 Å². The minimum absolute atomic E-state index is 0.0125. The van der Waals surface area contributed by atoms with Crippen LogP contribution in [0.5, 0.6) is 5.75 Å². The van der Waals surface area contributed by atoms with Crippen molar-refractivity contribution < 1.29 is 33.4 Å². The van der Waals surface area contributed by atoms with Gasteiger partial charge < -0.3 is 19.2 Å². The Morgan fingerprint density at radius 3 is 2.27 bits per heavy atom. The summed E-state index contributed by atoms with van der Waals surface area (Å²) in [6, 6.07) is 6.41. The van der Waals surface area contributed by atoms with Crippen LogP contribution in [0.3, 0.4) is 0 Å². The van der Waals surface area contributed by atoms with E-state index in [0.29, 0.717) is 29.0 Å². The molecular weight excluding hydrogens is 390 g/mol. The molecule has 1 N–H and O–H groups in total. The lowest BCUT2D eigenvalue weighted by molar-refractivity contribution is -0.148. The number of benzene rings is 1. The maximum Gasteiger partial charge on any atom is 0.344 e. The summed E-state index contributed by atoms with van der Waals surface area (Å²) in [6.07, 6.45) is -0.674. The summed E-state index contributed by atoms with van der Waals surface area (Å²) in [5, 5.41) is 0. The number of aromatic amines is 1. The first kappa shape index (κ1) is 22.9. The average molecular weight is 415 g/mol. The fraction of sp³-hybridized carbons (Fsp3) is 0.364. The van der Waals surface area contributed by atoms with Crippen molar-refractivity contribution in [1.29, 1.82) is 0 Å². The molecule has 1 aromatic carbocycles. The number of hydrogen-bond acceptors (Lipinski definition) is 7. The van der Waals surface area contributed by atoms with Crippen LogP contribution in [0.15, 0.2) is 24.3 Å². The number of ketones is 2. The molecule has 0 bridgehead atoms. The van der Waals surface area contributed by atoms with Crippen molar-refractivity contribution >= 4 is 23.5 Å². The van der Waals surface area contributed by atoms with Crippen LogP contribution in [0.1, 0.15) is 62.7 Å². The van der Waals surface area contributed by atoms with E-state index in [1.807, 2.05) is 0 Å². The normalized spacial score (nSPS) is 11.5. The number of carbonyl (C=O) groups excluding carboxylic acids is 4. The number of hydrogen-bond donors (Lipinski definition) is 1. The van der Waals surface area contributed by atoms with E-state index in [1.165, 1.54) is 14.0 Å². The number of aryl methyl sites for hydroxylation is 1. The largest absolute Gasteiger partial charge is 0.482 e. The first-order valence-electron chi connectivity index (χ1n) is 9.46. The van der Waals surface area contributed by atoms with E-state index < -0.39 is 30.4 Å². The smallest absolute Gasteiger partial charge is 0.344 e. The number of carbonyl (C=O) groups is 4. The predicted octanol–water partition coefficient (Wildman–Crippen LogP) is 3.20. The molecule has 0 saturated heterocycles. The number of H-pyrrole nitrogens is 1. The fourth-order valence-electron chi connectivity index (χ4n) is 2.98. The molecule has 8 heteroatoms. The molecule has 1 heterocycles. The van der Waals surface area contributed by atoms with Gasteiger partial charge in [0, 0.05) is 17.7 Å². The maximum atomic E-state index is 12.6. The number of rotatable bonds is 9. The van der Waals surface area contributed by atoms with Crippen LogP contribution in [0.4, 0.5) is 0 Å². The number of methoxy groups -OCH3 is 1. The van der Waals surface area contributed by atoms with E-state index in [1.54, 1.807) is 45.0 Å². The third-order valence-electron chi connectivity index (χ3n) is 4.60. The second-order valence-corrected chi connectivity index (χ2v) is 6.70. The Kier molecular flexibility index (Phi) is 7.52. The van der Waals surface area contributed by atoms with Crippen molar-refractivity contribution in [1.82, 2.24) is 4.98 Å². The summed E-state index contributed by atoms with van der Waals surface area (Å²) in [4.78, 5) is 51.0. The standard InChI is InChI=1S/C22H25NO7/c1-6-17(24)15-7-9-16(10-8-15)29-11-18(25)30-14(4)21(26)20-12(2)19(13(3)23-20)22(27)28-5/h7-10,14,23H,6,11H2,1-5H3/t14-/m0/s1. The zero-order chi connectivity index (χ0) is 22.4. The Morgan fingerprint density at radius 2 is 1.70 bits per heavy atom. The molecule has 160 valence electrons. The van der Waals surface area contributed by atoms with Gasteiger partial charge in [-0.1, -0.05) is 6.92 Å². The van der Waals surface area contributed by atoms with Crippen LogP contribution in [0.2, 0.25) is 0 Å². The molecule has 0 unspecified atom stereocenters. The van der Waals surface area contributed by atoms with Gasteiger partial charge in [0.05, 0.1) is 18.4 Å². The highest BCUT2D eigenvalue weighted by Crippen LogP contribution is 2.21. The van der Waals surface area contributed by atoms with Gasteiger partial charge >= 0.3 is 11.9 Å². The number of nitrogens with one attached hydrogen (secondary N) is 1. The van der Waals surface area contributed by atoms with Crippen LogP contribution in [-0.4, -0.2) is 48.3 Å². The first-order valence-corrected chi connectivity index (χ1v) is 9.46. The summed E-state index contributed by atoms with van der Waals surface area (Å²) in [7, 11) is 1.26. The lowest BCUT2D eigenvalue weighted by atomic mass is 10.1. The summed E-state index contributed by atoms with van der Waals surface area (Å²) in [5.41, 5.74) is 1.97. The second kappa shape index (κ2) is 9.87. The highest BCUT2D eigenvalue weighted by atomic mass is 16.6. The van der Waals surface area contributed by atoms with Gasteiger partial charge in [0.15, 0.2) is 18.5 Å². The number of ether oxygens (including phenoxy) is 3. The van der Waals surface area contributed by atoms with E-state index in [2.05, 4.69) is 4.98 Å². The molecule has 1 atom stereocenters. The molecule has 0 aliphatic heterocycles. The maximum absolute atomic E-state index is 12.6. The average Bonchev–Trinajstić information content (AvgIpc) is 3.04. The second-order valence-electron chi connectivity index (χ2n) is 6.70. The molecule has 0 spiro atoms.